The number of hydrogen-bond acceptors (Lipinski definition) is 1. The van der Waals surface area contributed by atoms with E-state index in [2.05, 4.69) is 12.2 Å². The molecule has 1 heteroatoms. The molecule has 0 unspecified atom stereocenters. The lowest BCUT2D eigenvalue weighted by molar-refractivity contribution is -0.118. The molecule has 0 aliphatic heterocycles. The van der Waals surface area contributed by atoms with Crippen molar-refractivity contribution < 1.29 is 4.79 Å². The predicted octanol–water partition coefficient (Wildman–Crippen LogP) is 4.03. The maximum absolute atomic E-state index is 11.3. The lowest BCUT2D eigenvalue weighted by Gasteiger charge is -1.99. The van der Waals surface area contributed by atoms with E-state index in [-0.39, 0.29) is 0 Å². The molecule has 0 fully saturated rings. The predicted molar refractivity (Wildman–Crippen MR) is 60.3 cm³/mol. The monoisotopic (exact) mass is 194 g/mol. The van der Waals surface area contributed by atoms with Gasteiger partial charge in [0.2, 0.25) is 0 Å². The summed E-state index contributed by atoms with van der Waals surface area (Å²) in [5.41, 5.74) is 0. The molecule has 1 aliphatic rings. The second-order valence-corrected chi connectivity index (χ2v) is 4.23. The maximum Gasteiger partial charge on any atom is 0.136 e. The van der Waals surface area contributed by atoms with Crippen molar-refractivity contribution in [3.8, 4) is 0 Å². The molecule has 1 rings (SSSR count). The number of hydrogen-bond donors (Lipinski definition) is 0. The molecule has 1 aliphatic carbocycles. The summed E-state index contributed by atoms with van der Waals surface area (Å²) in [4.78, 5) is 11.3. The van der Waals surface area contributed by atoms with Gasteiger partial charge in [-0.1, -0.05) is 44.3 Å². The van der Waals surface area contributed by atoms with E-state index in [4.69, 9.17) is 0 Å². The first-order valence-electron chi connectivity index (χ1n) is 6.06. The van der Waals surface area contributed by atoms with E-state index in [0.29, 0.717) is 12.2 Å². The van der Waals surface area contributed by atoms with Crippen LogP contribution in [-0.4, -0.2) is 5.78 Å². The smallest absolute Gasteiger partial charge is 0.136 e. The lowest BCUT2D eigenvalue weighted by atomic mass is 10.1. The Bertz CT molecular complexity index is 182. The minimum Gasteiger partial charge on any atom is -0.299 e. The Labute approximate surface area is 87.6 Å². The normalized spacial score (nSPS) is 24.4. The molecule has 0 atom stereocenters. The van der Waals surface area contributed by atoms with Crippen LogP contribution in [0.4, 0.5) is 0 Å². The van der Waals surface area contributed by atoms with E-state index in [1.54, 1.807) is 0 Å². The molecule has 0 amide bonds. The first kappa shape index (κ1) is 11.5. The first-order chi connectivity index (χ1) is 6.89. The van der Waals surface area contributed by atoms with Crippen LogP contribution < -0.4 is 0 Å². The number of carbonyl (C=O) groups is 1. The van der Waals surface area contributed by atoms with Gasteiger partial charge in [0.15, 0.2) is 0 Å². The van der Waals surface area contributed by atoms with Crippen molar-refractivity contribution in [2.24, 2.45) is 0 Å². The minimum absolute atomic E-state index is 0.417. The molecule has 0 N–H and O–H groups in total. The van der Waals surface area contributed by atoms with Crippen LogP contribution in [0.25, 0.3) is 0 Å². The van der Waals surface area contributed by atoms with E-state index < -0.39 is 0 Å². The SMILES string of the molecule is O=C1C/C=C\CCCCCCCCC1. The maximum atomic E-state index is 11.3. The summed E-state index contributed by atoms with van der Waals surface area (Å²) < 4.78 is 0. The zero-order chi connectivity index (χ0) is 10.1. The second kappa shape index (κ2) is 7.78. The Morgan fingerprint density at radius 1 is 0.786 bits per heavy atom. The van der Waals surface area contributed by atoms with Crippen LogP contribution in [0, 0.1) is 0 Å². The Balaban J connectivity index is 2.24. The topological polar surface area (TPSA) is 17.1 Å². The third-order valence-electron chi connectivity index (χ3n) is 2.84. The zero-order valence-electron chi connectivity index (χ0n) is 9.13. The van der Waals surface area contributed by atoms with Crippen molar-refractivity contribution in [2.75, 3.05) is 0 Å². The molecule has 0 aromatic heterocycles. The molecule has 0 aromatic rings. The fourth-order valence-corrected chi connectivity index (χ4v) is 1.90. The summed E-state index contributed by atoms with van der Waals surface area (Å²) in [6.07, 6.45) is 15.9. The summed E-state index contributed by atoms with van der Waals surface area (Å²) in [5.74, 6) is 0.417. The standard InChI is InChI=1S/C13H22O/c14-13-11-9-7-5-3-1-2-4-6-8-10-12-13/h7,9H,1-6,8,10-12H2/b9-7-. The van der Waals surface area contributed by atoms with Gasteiger partial charge in [-0.15, -0.1) is 0 Å². The molecule has 1 nitrogen and oxygen atoms in total. The zero-order valence-corrected chi connectivity index (χ0v) is 9.13. The van der Waals surface area contributed by atoms with Crippen molar-refractivity contribution in [3.63, 3.8) is 0 Å². The molecule has 80 valence electrons. The highest BCUT2D eigenvalue weighted by molar-refractivity contribution is 5.79. The van der Waals surface area contributed by atoms with E-state index in [9.17, 15) is 4.79 Å². The van der Waals surface area contributed by atoms with Crippen LogP contribution >= 0.6 is 0 Å². The van der Waals surface area contributed by atoms with Gasteiger partial charge >= 0.3 is 0 Å². The van der Waals surface area contributed by atoms with Gasteiger partial charge < -0.3 is 0 Å². The van der Waals surface area contributed by atoms with Crippen LogP contribution in [-0.2, 0) is 4.79 Å². The molecule has 0 saturated carbocycles. The quantitative estimate of drug-likeness (QED) is 0.532. The molecule has 0 saturated heterocycles. The summed E-state index contributed by atoms with van der Waals surface area (Å²) in [5, 5.41) is 0. The number of ketones is 1. The van der Waals surface area contributed by atoms with Crippen molar-refractivity contribution in [2.45, 2.75) is 64.2 Å². The molecule has 0 aromatic carbocycles. The van der Waals surface area contributed by atoms with Crippen LogP contribution in [0.5, 0.6) is 0 Å². The van der Waals surface area contributed by atoms with Gasteiger partial charge in [0.05, 0.1) is 0 Å². The van der Waals surface area contributed by atoms with Gasteiger partial charge in [0.1, 0.15) is 5.78 Å². The number of allylic oxidation sites excluding steroid dienone is 2. The van der Waals surface area contributed by atoms with Gasteiger partial charge in [-0.3, -0.25) is 4.79 Å². The average molecular weight is 194 g/mol. The van der Waals surface area contributed by atoms with E-state index in [0.717, 1.165) is 19.3 Å². The summed E-state index contributed by atoms with van der Waals surface area (Å²) in [6, 6.07) is 0. The van der Waals surface area contributed by atoms with Crippen molar-refractivity contribution in [3.05, 3.63) is 12.2 Å². The average Bonchev–Trinajstić information content (AvgIpc) is 2.20. The number of carbonyl (C=O) groups excluding carboxylic acids is 1. The first-order valence-corrected chi connectivity index (χ1v) is 6.06. The molecular weight excluding hydrogens is 172 g/mol. The van der Waals surface area contributed by atoms with Gasteiger partial charge in [-0.25, -0.2) is 0 Å². The van der Waals surface area contributed by atoms with Gasteiger partial charge in [0.25, 0.3) is 0 Å². The fraction of sp³-hybridized carbons (Fsp3) is 0.769. The fourth-order valence-electron chi connectivity index (χ4n) is 1.90. The summed E-state index contributed by atoms with van der Waals surface area (Å²) in [7, 11) is 0. The van der Waals surface area contributed by atoms with E-state index >= 15 is 0 Å². The molecule has 0 bridgehead atoms. The molecule has 0 heterocycles. The Morgan fingerprint density at radius 3 is 2.21 bits per heavy atom. The molecular formula is C13H22O. The van der Waals surface area contributed by atoms with E-state index in [1.165, 1.54) is 38.5 Å². The van der Waals surface area contributed by atoms with Crippen molar-refractivity contribution in [1.29, 1.82) is 0 Å². The third kappa shape index (κ3) is 5.95. The number of Topliss-reactive ketones (excluding diaryl/α,β-unsaturated/α-hetero) is 1. The van der Waals surface area contributed by atoms with Crippen LogP contribution in [0.3, 0.4) is 0 Å². The molecule has 0 radical (unpaired) electrons. The van der Waals surface area contributed by atoms with Crippen molar-refractivity contribution in [1.82, 2.24) is 0 Å². The third-order valence-corrected chi connectivity index (χ3v) is 2.84. The Kier molecular flexibility index (Phi) is 6.38. The lowest BCUT2D eigenvalue weighted by Crippen LogP contribution is -1.95. The Hall–Kier alpha value is -0.590. The van der Waals surface area contributed by atoms with Gasteiger partial charge in [0, 0.05) is 12.8 Å². The van der Waals surface area contributed by atoms with Crippen LogP contribution in [0.15, 0.2) is 12.2 Å². The highest BCUT2D eigenvalue weighted by Crippen LogP contribution is 2.11. The number of rotatable bonds is 0. The van der Waals surface area contributed by atoms with Crippen LogP contribution in [0.1, 0.15) is 64.2 Å². The second-order valence-electron chi connectivity index (χ2n) is 4.23. The van der Waals surface area contributed by atoms with Crippen LogP contribution in [0.2, 0.25) is 0 Å². The highest BCUT2D eigenvalue weighted by atomic mass is 16.1. The van der Waals surface area contributed by atoms with Gasteiger partial charge in [-0.2, -0.15) is 0 Å². The van der Waals surface area contributed by atoms with E-state index in [1.807, 2.05) is 0 Å². The molecule has 14 heavy (non-hydrogen) atoms. The minimum atomic E-state index is 0.417. The van der Waals surface area contributed by atoms with Gasteiger partial charge in [-0.05, 0) is 19.3 Å². The van der Waals surface area contributed by atoms with Crippen molar-refractivity contribution >= 4 is 5.78 Å². The Morgan fingerprint density at radius 2 is 1.43 bits per heavy atom. The molecule has 0 spiro atoms. The summed E-state index contributed by atoms with van der Waals surface area (Å²) >= 11 is 0. The summed E-state index contributed by atoms with van der Waals surface area (Å²) in [6.45, 7) is 0. The highest BCUT2D eigenvalue weighted by Gasteiger charge is 1.99. The largest absolute Gasteiger partial charge is 0.299 e.